The molecule has 1 aromatic carbocycles. The molecule has 0 amide bonds. The molecule has 1 unspecified atom stereocenters. The second-order valence-electron chi connectivity index (χ2n) is 4.67. The van der Waals surface area contributed by atoms with E-state index in [1.165, 1.54) is 4.31 Å². The van der Waals surface area contributed by atoms with Crippen LogP contribution < -0.4 is 10.5 Å². The molecule has 2 N–H and O–H groups in total. The lowest BCUT2D eigenvalue weighted by Gasteiger charge is -2.29. The minimum atomic E-state index is -3.46. The molecule has 1 fully saturated rings. The van der Waals surface area contributed by atoms with Gasteiger partial charge >= 0.3 is 0 Å². The predicted molar refractivity (Wildman–Crippen MR) is 73.6 cm³/mol. The predicted octanol–water partition coefficient (Wildman–Crippen LogP) is 1.20. The van der Waals surface area contributed by atoms with Gasteiger partial charge in [-0.2, -0.15) is 4.31 Å². The molecule has 0 aliphatic carbocycles. The van der Waals surface area contributed by atoms with Gasteiger partial charge in [-0.3, -0.25) is 0 Å². The van der Waals surface area contributed by atoms with Crippen LogP contribution in [-0.4, -0.2) is 38.5 Å². The molecule has 0 spiro atoms. The number of rotatable bonds is 4. The van der Waals surface area contributed by atoms with Gasteiger partial charge in [0.25, 0.3) is 0 Å². The Bertz CT molecular complexity index is 530. The summed E-state index contributed by atoms with van der Waals surface area (Å²) < 4.78 is 31.8. The van der Waals surface area contributed by atoms with E-state index in [1.54, 1.807) is 24.3 Å². The fourth-order valence-electron chi connectivity index (χ4n) is 2.23. The standard InChI is InChI=1S/C13H20N2O3S/c1-2-18-12-6-3-7-13(9-12)19(16,17)15-8-4-5-11(14)10-15/h3,6-7,9,11H,2,4-5,8,10,14H2,1H3. The number of piperidine rings is 1. The van der Waals surface area contributed by atoms with Gasteiger partial charge in [0.15, 0.2) is 0 Å². The van der Waals surface area contributed by atoms with Crippen LogP contribution >= 0.6 is 0 Å². The molecule has 0 bridgehead atoms. The first-order valence-electron chi connectivity index (χ1n) is 6.52. The minimum absolute atomic E-state index is 0.0707. The normalized spacial score (nSPS) is 21.3. The van der Waals surface area contributed by atoms with E-state index >= 15 is 0 Å². The summed E-state index contributed by atoms with van der Waals surface area (Å²) in [7, 11) is -3.46. The third-order valence-electron chi connectivity index (χ3n) is 3.17. The first-order valence-corrected chi connectivity index (χ1v) is 7.96. The maximum Gasteiger partial charge on any atom is 0.243 e. The molecule has 0 saturated carbocycles. The monoisotopic (exact) mass is 284 g/mol. The first-order chi connectivity index (χ1) is 9.04. The molecule has 1 aliphatic heterocycles. The first kappa shape index (κ1) is 14.3. The fraction of sp³-hybridized carbons (Fsp3) is 0.538. The van der Waals surface area contributed by atoms with Crippen molar-refractivity contribution >= 4 is 10.0 Å². The fourth-order valence-corrected chi connectivity index (χ4v) is 3.80. The Morgan fingerprint density at radius 1 is 1.47 bits per heavy atom. The van der Waals surface area contributed by atoms with Crippen LogP contribution in [-0.2, 0) is 10.0 Å². The highest BCUT2D eigenvalue weighted by molar-refractivity contribution is 7.89. The Balaban J connectivity index is 2.25. The van der Waals surface area contributed by atoms with Crippen molar-refractivity contribution in [1.29, 1.82) is 0 Å². The van der Waals surface area contributed by atoms with Gasteiger partial charge in [-0.05, 0) is 31.9 Å². The Hall–Kier alpha value is -1.11. The summed E-state index contributed by atoms with van der Waals surface area (Å²) >= 11 is 0. The van der Waals surface area contributed by atoms with Crippen molar-refractivity contribution < 1.29 is 13.2 Å². The summed E-state index contributed by atoms with van der Waals surface area (Å²) in [5.41, 5.74) is 5.85. The molecular formula is C13H20N2O3S. The zero-order valence-electron chi connectivity index (χ0n) is 11.1. The summed E-state index contributed by atoms with van der Waals surface area (Å²) in [5.74, 6) is 0.574. The van der Waals surface area contributed by atoms with Crippen molar-refractivity contribution in [2.75, 3.05) is 19.7 Å². The highest BCUT2D eigenvalue weighted by Gasteiger charge is 2.28. The lowest BCUT2D eigenvalue weighted by Crippen LogP contribution is -2.45. The van der Waals surface area contributed by atoms with E-state index in [0.29, 0.717) is 25.4 Å². The molecule has 6 heteroatoms. The zero-order chi connectivity index (χ0) is 13.9. The topological polar surface area (TPSA) is 72.6 Å². The number of benzene rings is 1. The van der Waals surface area contributed by atoms with Gasteiger partial charge in [0.05, 0.1) is 11.5 Å². The Kier molecular flexibility index (Phi) is 4.44. The summed E-state index contributed by atoms with van der Waals surface area (Å²) in [6.45, 7) is 3.30. The highest BCUT2D eigenvalue weighted by atomic mass is 32.2. The second kappa shape index (κ2) is 5.90. The molecule has 106 valence electrons. The van der Waals surface area contributed by atoms with Crippen LogP contribution in [0.2, 0.25) is 0 Å². The summed E-state index contributed by atoms with van der Waals surface area (Å²) in [6.07, 6.45) is 1.69. The molecule has 1 aromatic rings. The van der Waals surface area contributed by atoms with E-state index < -0.39 is 10.0 Å². The van der Waals surface area contributed by atoms with Crippen LogP contribution in [0.3, 0.4) is 0 Å². The molecule has 1 atom stereocenters. The van der Waals surface area contributed by atoms with Crippen molar-refractivity contribution in [1.82, 2.24) is 4.31 Å². The number of nitrogens with two attached hydrogens (primary N) is 1. The van der Waals surface area contributed by atoms with Crippen molar-refractivity contribution in [3.05, 3.63) is 24.3 Å². The van der Waals surface area contributed by atoms with Gasteiger partial charge < -0.3 is 10.5 Å². The number of hydrogen-bond donors (Lipinski definition) is 1. The van der Waals surface area contributed by atoms with E-state index in [9.17, 15) is 8.42 Å². The molecule has 0 aromatic heterocycles. The number of ether oxygens (including phenoxy) is 1. The van der Waals surface area contributed by atoms with Crippen LogP contribution in [0.25, 0.3) is 0 Å². The van der Waals surface area contributed by atoms with E-state index in [2.05, 4.69) is 0 Å². The molecular weight excluding hydrogens is 264 g/mol. The third-order valence-corrected chi connectivity index (χ3v) is 5.04. The van der Waals surface area contributed by atoms with Gasteiger partial charge in [0, 0.05) is 25.2 Å². The minimum Gasteiger partial charge on any atom is -0.494 e. The van der Waals surface area contributed by atoms with Gasteiger partial charge in [0.1, 0.15) is 5.75 Å². The van der Waals surface area contributed by atoms with Gasteiger partial charge in [-0.1, -0.05) is 6.07 Å². The average molecular weight is 284 g/mol. The Morgan fingerprint density at radius 2 is 2.26 bits per heavy atom. The van der Waals surface area contributed by atoms with Crippen molar-refractivity contribution in [2.45, 2.75) is 30.7 Å². The smallest absolute Gasteiger partial charge is 0.243 e. The third kappa shape index (κ3) is 3.26. The Morgan fingerprint density at radius 3 is 2.95 bits per heavy atom. The number of hydrogen-bond acceptors (Lipinski definition) is 4. The SMILES string of the molecule is CCOc1cccc(S(=O)(=O)N2CCCC(N)C2)c1. The van der Waals surface area contributed by atoms with Gasteiger partial charge in [-0.25, -0.2) is 8.42 Å². The van der Waals surface area contributed by atoms with Crippen LogP contribution in [0.15, 0.2) is 29.2 Å². The van der Waals surface area contributed by atoms with Crippen molar-refractivity contribution in [2.24, 2.45) is 5.73 Å². The molecule has 1 aliphatic rings. The van der Waals surface area contributed by atoms with Gasteiger partial charge in [0.2, 0.25) is 10.0 Å². The average Bonchev–Trinajstić information content (AvgIpc) is 2.39. The van der Waals surface area contributed by atoms with Gasteiger partial charge in [-0.15, -0.1) is 0 Å². The highest BCUT2D eigenvalue weighted by Crippen LogP contribution is 2.23. The van der Waals surface area contributed by atoms with Crippen LogP contribution in [0, 0.1) is 0 Å². The van der Waals surface area contributed by atoms with Crippen LogP contribution in [0.5, 0.6) is 5.75 Å². The Labute approximate surface area is 114 Å². The summed E-state index contributed by atoms with van der Waals surface area (Å²) in [4.78, 5) is 0.271. The largest absolute Gasteiger partial charge is 0.494 e. The maximum absolute atomic E-state index is 12.5. The van der Waals surface area contributed by atoms with E-state index in [1.807, 2.05) is 6.92 Å². The van der Waals surface area contributed by atoms with E-state index in [4.69, 9.17) is 10.5 Å². The lowest BCUT2D eigenvalue weighted by molar-refractivity contribution is 0.315. The molecule has 5 nitrogen and oxygen atoms in total. The summed E-state index contributed by atoms with van der Waals surface area (Å²) in [6, 6.07) is 6.54. The molecule has 1 saturated heterocycles. The summed E-state index contributed by atoms with van der Waals surface area (Å²) in [5, 5.41) is 0. The van der Waals surface area contributed by atoms with Crippen molar-refractivity contribution in [3.8, 4) is 5.75 Å². The molecule has 2 rings (SSSR count). The number of sulfonamides is 1. The van der Waals surface area contributed by atoms with E-state index in [0.717, 1.165) is 12.8 Å². The lowest BCUT2D eigenvalue weighted by atomic mass is 10.1. The van der Waals surface area contributed by atoms with Crippen LogP contribution in [0.1, 0.15) is 19.8 Å². The quantitative estimate of drug-likeness (QED) is 0.901. The van der Waals surface area contributed by atoms with Crippen molar-refractivity contribution in [3.63, 3.8) is 0 Å². The van der Waals surface area contributed by atoms with Crippen LogP contribution in [0.4, 0.5) is 0 Å². The molecule has 19 heavy (non-hydrogen) atoms. The zero-order valence-corrected chi connectivity index (χ0v) is 11.9. The van der Waals surface area contributed by atoms with E-state index in [-0.39, 0.29) is 10.9 Å². The maximum atomic E-state index is 12.5. The molecule has 1 heterocycles. The second-order valence-corrected chi connectivity index (χ2v) is 6.61. The molecule has 0 radical (unpaired) electrons. The number of nitrogens with zero attached hydrogens (tertiary/aromatic N) is 1.